The molecular formula is C43H44N4O5. The van der Waals surface area contributed by atoms with Gasteiger partial charge in [-0.25, -0.2) is 0 Å². The molecule has 2 saturated heterocycles. The van der Waals surface area contributed by atoms with E-state index in [4.69, 9.17) is 15.2 Å². The van der Waals surface area contributed by atoms with Crippen LogP contribution in [0, 0.1) is 11.3 Å². The molecule has 2 N–H and O–H groups in total. The van der Waals surface area contributed by atoms with E-state index in [1.54, 1.807) is 40.2 Å². The van der Waals surface area contributed by atoms with E-state index in [1.165, 1.54) is 6.08 Å². The number of piperidine rings is 2. The second kappa shape index (κ2) is 17.7. The van der Waals surface area contributed by atoms with Crippen LogP contribution in [0.25, 0.3) is 22.8 Å². The molecule has 2 aliphatic heterocycles. The Morgan fingerprint density at radius 3 is 2.08 bits per heavy atom. The highest BCUT2D eigenvalue weighted by atomic mass is 16.5. The van der Waals surface area contributed by atoms with Gasteiger partial charge in [-0.1, -0.05) is 55.7 Å². The van der Waals surface area contributed by atoms with Gasteiger partial charge in [0.2, 0.25) is 17.7 Å². The number of nitrogens with two attached hydrogens (primary N) is 1. The van der Waals surface area contributed by atoms with Gasteiger partial charge >= 0.3 is 0 Å². The summed E-state index contributed by atoms with van der Waals surface area (Å²) >= 11 is 0. The molecule has 3 amide bonds. The fraction of sp³-hybridized carbons (Fsp3) is 0.256. The average Bonchev–Trinajstić information content (AvgIpc) is 3.17. The maximum absolute atomic E-state index is 13.1. The molecule has 0 atom stereocenters. The van der Waals surface area contributed by atoms with Crippen LogP contribution in [0.4, 0.5) is 0 Å². The summed E-state index contributed by atoms with van der Waals surface area (Å²) in [5.74, 6) is 0.436. The summed E-state index contributed by atoms with van der Waals surface area (Å²) in [7, 11) is 0. The number of primary amides is 1. The molecule has 0 radical (unpaired) electrons. The van der Waals surface area contributed by atoms with E-state index in [9.17, 15) is 19.6 Å². The quantitative estimate of drug-likeness (QED) is 0.159. The molecule has 0 saturated carbocycles. The van der Waals surface area contributed by atoms with Gasteiger partial charge in [-0.2, -0.15) is 5.26 Å². The Kier molecular flexibility index (Phi) is 12.6. The highest BCUT2D eigenvalue weighted by Gasteiger charge is 2.25. The molecule has 0 spiro atoms. The fourth-order valence-electron chi connectivity index (χ4n) is 6.44. The van der Waals surface area contributed by atoms with Gasteiger partial charge in [0, 0.05) is 57.9 Å². The molecule has 266 valence electrons. The third kappa shape index (κ3) is 9.55. The monoisotopic (exact) mass is 696 g/mol. The molecule has 9 heteroatoms. The molecule has 52 heavy (non-hydrogen) atoms. The van der Waals surface area contributed by atoms with Crippen molar-refractivity contribution in [3.8, 4) is 28.7 Å². The lowest BCUT2D eigenvalue weighted by atomic mass is 9.97. The SMILES string of the molecule is C=C/C=C\C=C(/C)c1ccc(OC2CCN(C(=O)/C=C/c3cccc(-c4ccc(OC5CCN(C(=O)C=C)CC5)cc4C(N)=O)c3)CC2)cc1C#N. The lowest BCUT2D eigenvalue weighted by Gasteiger charge is -2.31. The summed E-state index contributed by atoms with van der Waals surface area (Å²) in [6.07, 6.45) is 14.6. The highest BCUT2D eigenvalue weighted by Crippen LogP contribution is 2.30. The van der Waals surface area contributed by atoms with E-state index in [0.717, 1.165) is 22.3 Å². The molecule has 5 rings (SSSR count). The van der Waals surface area contributed by atoms with Gasteiger partial charge in [0.15, 0.2) is 0 Å². The third-order valence-corrected chi connectivity index (χ3v) is 9.29. The Bertz CT molecular complexity index is 1950. The van der Waals surface area contributed by atoms with E-state index in [2.05, 4.69) is 19.2 Å². The summed E-state index contributed by atoms with van der Waals surface area (Å²) in [5.41, 5.74) is 10.8. The second-order valence-corrected chi connectivity index (χ2v) is 12.8. The van der Waals surface area contributed by atoms with Crippen LogP contribution in [0.1, 0.15) is 59.7 Å². The van der Waals surface area contributed by atoms with Crippen LogP contribution in [0.3, 0.4) is 0 Å². The number of likely N-dealkylation sites (tertiary alicyclic amines) is 2. The minimum atomic E-state index is -0.572. The molecule has 2 aliphatic rings. The maximum atomic E-state index is 13.1. The number of amides is 3. The smallest absolute Gasteiger partial charge is 0.249 e. The largest absolute Gasteiger partial charge is 0.490 e. The highest BCUT2D eigenvalue weighted by molar-refractivity contribution is 6.00. The summed E-state index contributed by atoms with van der Waals surface area (Å²) in [6.45, 7) is 11.5. The number of ether oxygens (including phenoxy) is 2. The number of nitriles is 1. The van der Waals surface area contributed by atoms with Gasteiger partial charge in [-0.05, 0) is 89.4 Å². The van der Waals surface area contributed by atoms with Crippen molar-refractivity contribution in [3.05, 3.63) is 133 Å². The van der Waals surface area contributed by atoms with Crippen LogP contribution >= 0.6 is 0 Å². The Labute approximate surface area is 305 Å². The Morgan fingerprint density at radius 2 is 1.46 bits per heavy atom. The molecule has 2 heterocycles. The van der Waals surface area contributed by atoms with Gasteiger partial charge < -0.3 is 25.0 Å². The van der Waals surface area contributed by atoms with Crippen molar-refractivity contribution in [2.75, 3.05) is 26.2 Å². The first-order valence-corrected chi connectivity index (χ1v) is 17.5. The first-order chi connectivity index (χ1) is 25.2. The van der Waals surface area contributed by atoms with Gasteiger partial charge in [-0.15, -0.1) is 0 Å². The molecule has 0 aliphatic carbocycles. The summed E-state index contributed by atoms with van der Waals surface area (Å²) in [5, 5.41) is 9.74. The zero-order valence-electron chi connectivity index (χ0n) is 29.5. The molecule has 2 fully saturated rings. The fourth-order valence-corrected chi connectivity index (χ4v) is 6.44. The van der Waals surface area contributed by atoms with Gasteiger partial charge in [0.1, 0.15) is 23.7 Å². The van der Waals surface area contributed by atoms with E-state index in [-0.39, 0.29) is 24.0 Å². The molecule has 3 aromatic carbocycles. The minimum Gasteiger partial charge on any atom is -0.490 e. The number of carbonyl (C=O) groups is 3. The van der Waals surface area contributed by atoms with E-state index >= 15 is 0 Å². The van der Waals surface area contributed by atoms with E-state index in [1.807, 2.05) is 73.7 Å². The van der Waals surface area contributed by atoms with Crippen molar-refractivity contribution >= 4 is 29.4 Å². The predicted octanol–water partition coefficient (Wildman–Crippen LogP) is 7.11. The Morgan fingerprint density at radius 1 is 0.827 bits per heavy atom. The summed E-state index contributed by atoms with van der Waals surface area (Å²) < 4.78 is 12.4. The van der Waals surface area contributed by atoms with Crippen molar-refractivity contribution in [1.82, 2.24) is 9.80 Å². The van der Waals surface area contributed by atoms with Crippen molar-refractivity contribution < 1.29 is 23.9 Å². The van der Waals surface area contributed by atoms with E-state index < -0.39 is 5.91 Å². The van der Waals surface area contributed by atoms with Crippen LogP contribution in [0.5, 0.6) is 11.5 Å². The summed E-state index contributed by atoms with van der Waals surface area (Å²) in [6, 6.07) is 20.7. The van der Waals surface area contributed by atoms with Crippen LogP contribution in [-0.4, -0.2) is 65.9 Å². The van der Waals surface area contributed by atoms with Crippen LogP contribution in [0.15, 0.2) is 110 Å². The number of allylic oxidation sites excluding steroid dienone is 5. The first kappa shape index (κ1) is 37.1. The first-order valence-electron chi connectivity index (χ1n) is 17.5. The predicted molar refractivity (Wildman–Crippen MR) is 204 cm³/mol. The third-order valence-electron chi connectivity index (χ3n) is 9.29. The van der Waals surface area contributed by atoms with Gasteiger partial charge in [0.25, 0.3) is 0 Å². The number of hydrogen-bond donors (Lipinski definition) is 1. The van der Waals surface area contributed by atoms with Gasteiger partial charge in [-0.3, -0.25) is 14.4 Å². The minimum absolute atomic E-state index is 0.0634. The van der Waals surface area contributed by atoms with E-state index in [0.29, 0.717) is 80.1 Å². The lowest BCUT2D eigenvalue weighted by molar-refractivity contribution is -0.128. The number of carbonyl (C=O) groups excluding carboxylic acids is 3. The zero-order valence-corrected chi connectivity index (χ0v) is 29.5. The number of nitrogens with zero attached hydrogens (tertiary/aromatic N) is 3. The van der Waals surface area contributed by atoms with Crippen LogP contribution in [-0.2, 0) is 9.59 Å². The second-order valence-electron chi connectivity index (χ2n) is 12.8. The zero-order chi connectivity index (χ0) is 37.0. The Hall–Kier alpha value is -6.14. The van der Waals surface area contributed by atoms with Crippen molar-refractivity contribution in [2.24, 2.45) is 5.73 Å². The molecule has 0 aromatic heterocycles. The molecule has 0 bridgehead atoms. The standard InChI is InChI=1S/C43H44N4O5/c1-4-6-7-9-30(3)38-15-13-36(27-33(38)29-44)51-34-20-24-47(25-21-34)42(49)17-12-31-10-8-11-32(26-31)39-16-14-37(28-40(39)43(45)50)52-35-18-22-46(23-19-35)41(48)5-2/h4-17,26-28,34-35H,1-2,18-25H2,3H3,(H2,45,50)/b7-6-,17-12+,30-9+. The van der Waals surface area contributed by atoms with Crippen molar-refractivity contribution in [2.45, 2.75) is 44.8 Å². The average molecular weight is 697 g/mol. The molecule has 0 unspecified atom stereocenters. The molecule has 3 aromatic rings. The lowest BCUT2D eigenvalue weighted by Crippen LogP contribution is -2.41. The summed E-state index contributed by atoms with van der Waals surface area (Å²) in [4.78, 5) is 41.1. The van der Waals surface area contributed by atoms with Crippen LogP contribution < -0.4 is 15.2 Å². The van der Waals surface area contributed by atoms with Crippen LogP contribution in [0.2, 0.25) is 0 Å². The Balaban J connectivity index is 1.17. The number of benzene rings is 3. The van der Waals surface area contributed by atoms with Crippen molar-refractivity contribution in [3.63, 3.8) is 0 Å². The normalized spacial score (nSPS) is 15.7. The topological polar surface area (TPSA) is 126 Å². The van der Waals surface area contributed by atoms with Crippen molar-refractivity contribution in [1.29, 1.82) is 5.26 Å². The maximum Gasteiger partial charge on any atom is 0.249 e. The van der Waals surface area contributed by atoms with Gasteiger partial charge in [0.05, 0.1) is 17.2 Å². The molecular weight excluding hydrogens is 652 g/mol. The number of rotatable bonds is 12. The number of hydrogen-bond acceptors (Lipinski definition) is 6. The molecule has 9 nitrogen and oxygen atoms in total.